The van der Waals surface area contributed by atoms with Gasteiger partial charge in [-0.2, -0.15) is 0 Å². The first-order valence-electron chi connectivity index (χ1n) is 4.39. The predicted molar refractivity (Wildman–Crippen MR) is 58.8 cm³/mol. The first-order valence-corrected chi connectivity index (χ1v) is 6.46. The second kappa shape index (κ2) is 5.75. The first-order chi connectivity index (χ1) is 7.15. The number of hydrogen-bond acceptors (Lipinski definition) is 3. The van der Waals surface area contributed by atoms with Crippen LogP contribution in [0.1, 0.15) is 0 Å². The van der Waals surface area contributed by atoms with E-state index in [0.717, 1.165) is 10.2 Å². The van der Waals surface area contributed by atoms with Crippen LogP contribution in [-0.2, 0) is 4.79 Å². The van der Waals surface area contributed by atoms with Gasteiger partial charge in [-0.3, -0.25) is 0 Å². The van der Waals surface area contributed by atoms with Crippen molar-refractivity contribution in [1.82, 2.24) is 0 Å². The summed E-state index contributed by atoms with van der Waals surface area (Å²) in [6, 6.07) is 6.81. The standard InChI is InChI=1S/C10H13NO3Se/c1-14-8-4-2-3-5-9(8)15-6-7(11)10(12)13/h2-5,7H,6,11H2,1H3,(H,12,13)/t7-/m0/s1. The number of carboxylic acids is 1. The van der Waals surface area contributed by atoms with Crippen molar-refractivity contribution in [3.05, 3.63) is 24.3 Å². The molecule has 1 rings (SSSR count). The number of ether oxygens (including phenoxy) is 1. The number of nitrogens with two attached hydrogens (primary N) is 1. The molecule has 0 aromatic heterocycles. The number of benzene rings is 1. The van der Waals surface area contributed by atoms with E-state index in [9.17, 15) is 4.79 Å². The van der Waals surface area contributed by atoms with Gasteiger partial charge in [0.15, 0.2) is 0 Å². The molecular weight excluding hydrogens is 261 g/mol. The topological polar surface area (TPSA) is 72.5 Å². The Balaban J connectivity index is 2.60. The van der Waals surface area contributed by atoms with Gasteiger partial charge in [0.25, 0.3) is 0 Å². The fraction of sp³-hybridized carbons (Fsp3) is 0.300. The molecule has 0 aliphatic rings. The van der Waals surface area contributed by atoms with Gasteiger partial charge in [0, 0.05) is 0 Å². The van der Waals surface area contributed by atoms with Gasteiger partial charge in [-0.05, 0) is 0 Å². The molecule has 0 fully saturated rings. The van der Waals surface area contributed by atoms with Crippen LogP contribution in [0.15, 0.2) is 24.3 Å². The van der Waals surface area contributed by atoms with E-state index in [-0.39, 0.29) is 15.0 Å². The zero-order valence-corrected chi connectivity index (χ0v) is 10.1. The van der Waals surface area contributed by atoms with Crippen molar-refractivity contribution >= 4 is 25.4 Å². The van der Waals surface area contributed by atoms with Crippen molar-refractivity contribution in [1.29, 1.82) is 0 Å². The number of rotatable bonds is 5. The molecule has 0 saturated carbocycles. The van der Waals surface area contributed by atoms with Crippen LogP contribution in [0.4, 0.5) is 0 Å². The molecule has 0 unspecified atom stereocenters. The van der Waals surface area contributed by atoms with Crippen LogP contribution in [-0.4, -0.2) is 39.2 Å². The van der Waals surface area contributed by atoms with Crippen LogP contribution in [0.5, 0.6) is 5.75 Å². The molecule has 0 saturated heterocycles. The molecule has 1 aromatic rings. The Morgan fingerprint density at radius 2 is 2.27 bits per heavy atom. The van der Waals surface area contributed by atoms with E-state index in [1.54, 1.807) is 7.11 Å². The molecule has 0 radical (unpaired) electrons. The van der Waals surface area contributed by atoms with Crippen LogP contribution in [0.25, 0.3) is 0 Å². The zero-order valence-electron chi connectivity index (χ0n) is 8.34. The number of carboxylic acid groups (broad SMARTS) is 1. The Morgan fingerprint density at radius 3 is 2.87 bits per heavy atom. The fourth-order valence-electron chi connectivity index (χ4n) is 0.989. The Labute approximate surface area is 94.6 Å². The summed E-state index contributed by atoms with van der Waals surface area (Å²) in [6.07, 6.45) is 0. The van der Waals surface area contributed by atoms with Crippen molar-refractivity contribution < 1.29 is 14.6 Å². The number of carbonyl (C=O) groups is 1. The second-order valence-corrected chi connectivity index (χ2v) is 5.13. The van der Waals surface area contributed by atoms with Crippen LogP contribution >= 0.6 is 0 Å². The third kappa shape index (κ3) is 3.55. The van der Waals surface area contributed by atoms with Crippen molar-refractivity contribution in [2.24, 2.45) is 5.73 Å². The van der Waals surface area contributed by atoms with Gasteiger partial charge < -0.3 is 0 Å². The molecule has 0 heterocycles. The molecule has 3 N–H and O–H groups in total. The molecule has 5 heteroatoms. The van der Waals surface area contributed by atoms with E-state index in [4.69, 9.17) is 15.6 Å². The molecule has 1 aromatic carbocycles. The molecule has 4 nitrogen and oxygen atoms in total. The van der Waals surface area contributed by atoms with Gasteiger partial charge in [-0.15, -0.1) is 0 Å². The average Bonchev–Trinajstić information content (AvgIpc) is 2.26. The summed E-state index contributed by atoms with van der Waals surface area (Å²) in [5.41, 5.74) is 5.43. The molecule has 15 heavy (non-hydrogen) atoms. The van der Waals surface area contributed by atoms with Gasteiger partial charge in [0.05, 0.1) is 0 Å². The third-order valence-electron chi connectivity index (χ3n) is 1.80. The van der Waals surface area contributed by atoms with Gasteiger partial charge in [-0.25, -0.2) is 0 Å². The first kappa shape index (κ1) is 12.0. The van der Waals surface area contributed by atoms with Gasteiger partial charge >= 0.3 is 94.2 Å². The summed E-state index contributed by atoms with van der Waals surface area (Å²) < 4.78 is 6.21. The molecule has 1 atom stereocenters. The number of methoxy groups -OCH3 is 1. The van der Waals surface area contributed by atoms with E-state index in [2.05, 4.69) is 0 Å². The van der Waals surface area contributed by atoms with Crippen molar-refractivity contribution in [2.45, 2.75) is 11.4 Å². The van der Waals surface area contributed by atoms with Crippen LogP contribution < -0.4 is 14.9 Å². The van der Waals surface area contributed by atoms with Gasteiger partial charge in [0.1, 0.15) is 0 Å². The SMILES string of the molecule is COc1ccccc1[Se]C[C@H](N)C(=O)O. The second-order valence-electron chi connectivity index (χ2n) is 2.91. The average molecular weight is 274 g/mol. The summed E-state index contributed by atoms with van der Waals surface area (Å²) in [6.45, 7) is 0. The zero-order chi connectivity index (χ0) is 11.3. The van der Waals surface area contributed by atoms with Gasteiger partial charge in [0.2, 0.25) is 0 Å². The van der Waals surface area contributed by atoms with Crippen molar-refractivity contribution in [3.8, 4) is 5.75 Å². The quantitative estimate of drug-likeness (QED) is 0.733. The summed E-state index contributed by atoms with van der Waals surface area (Å²) >= 11 is 0.0322. The summed E-state index contributed by atoms with van der Waals surface area (Å²) in [5.74, 6) is -0.151. The Morgan fingerprint density at radius 1 is 1.60 bits per heavy atom. The minimum atomic E-state index is -0.952. The van der Waals surface area contributed by atoms with E-state index in [1.807, 2.05) is 24.3 Å². The van der Waals surface area contributed by atoms with Crippen LogP contribution in [0.3, 0.4) is 0 Å². The molecule has 0 aliphatic carbocycles. The summed E-state index contributed by atoms with van der Waals surface area (Å²) in [4.78, 5) is 10.5. The van der Waals surface area contributed by atoms with E-state index >= 15 is 0 Å². The van der Waals surface area contributed by atoms with Crippen LogP contribution in [0, 0.1) is 0 Å². The maximum atomic E-state index is 10.5. The number of para-hydroxylation sites is 1. The fourth-order valence-corrected chi connectivity index (χ4v) is 3.02. The minimum absolute atomic E-state index is 0.0322. The summed E-state index contributed by atoms with van der Waals surface area (Å²) in [5, 5.41) is 9.12. The summed E-state index contributed by atoms with van der Waals surface area (Å²) in [7, 11) is 1.60. The molecule has 0 amide bonds. The molecule has 0 aliphatic heterocycles. The molecule has 0 bridgehead atoms. The van der Waals surface area contributed by atoms with Crippen molar-refractivity contribution in [2.75, 3.05) is 7.11 Å². The third-order valence-corrected chi connectivity index (χ3v) is 4.27. The predicted octanol–water partition coefficient (Wildman–Crippen LogP) is -0.145. The molecule has 0 spiro atoms. The number of aliphatic carboxylic acids is 1. The molecule has 82 valence electrons. The maximum absolute atomic E-state index is 10.5. The van der Waals surface area contributed by atoms with Crippen molar-refractivity contribution in [3.63, 3.8) is 0 Å². The van der Waals surface area contributed by atoms with E-state index in [1.165, 1.54) is 0 Å². The van der Waals surface area contributed by atoms with Crippen LogP contribution in [0.2, 0.25) is 5.32 Å². The van der Waals surface area contributed by atoms with E-state index < -0.39 is 12.0 Å². The Hall–Kier alpha value is -1.03. The Kier molecular flexibility index (Phi) is 4.62. The number of hydrogen-bond donors (Lipinski definition) is 2. The monoisotopic (exact) mass is 275 g/mol. The normalized spacial score (nSPS) is 12.1. The Bertz CT molecular complexity index is 343. The van der Waals surface area contributed by atoms with E-state index in [0.29, 0.717) is 5.32 Å². The van der Waals surface area contributed by atoms with Gasteiger partial charge in [-0.1, -0.05) is 0 Å². The molecular formula is C10H13NO3Se.